The van der Waals surface area contributed by atoms with Crippen LogP contribution in [0.1, 0.15) is 49.9 Å². The van der Waals surface area contributed by atoms with Crippen molar-refractivity contribution in [1.82, 2.24) is 9.97 Å². The Morgan fingerprint density at radius 3 is 2.35 bits per heavy atom. The van der Waals surface area contributed by atoms with Crippen molar-refractivity contribution in [1.29, 1.82) is 0 Å². The maximum atomic E-state index is 9.35. The highest BCUT2D eigenvalue weighted by Crippen LogP contribution is 2.39. The number of aromatic nitrogens is 2. The summed E-state index contributed by atoms with van der Waals surface area (Å²) in [6.07, 6.45) is 4.15. The zero-order valence-corrected chi connectivity index (χ0v) is 12.3. The van der Waals surface area contributed by atoms with Gasteiger partial charge >= 0.3 is 0 Å². The monoisotopic (exact) mass is 276 g/mol. The Morgan fingerprint density at radius 1 is 1.15 bits per heavy atom. The summed E-state index contributed by atoms with van der Waals surface area (Å²) in [5, 5.41) is 16.1. The van der Waals surface area contributed by atoms with Crippen LogP contribution in [-0.2, 0) is 0 Å². The van der Waals surface area contributed by atoms with Gasteiger partial charge in [0.15, 0.2) is 0 Å². The Labute approximate surface area is 120 Å². The first-order valence-electron chi connectivity index (χ1n) is 7.71. The lowest BCUT2D eigenvalue weighted by Gasteiger charge is -2.31. The summed E-state index contributed by atoms with van der Waals surface area (Å²) in [6, 6.07) is 0. The van der Waals surface area contributed by atoms with E-state index in [2.05, 4.69) is 29.5 Å². The van der Waals surface area contributed by atoms with Crippen LogP contribution in [0.5, 0.6) is 0 Å². The van der Waals surface area contributed by atoms with Crippen LogP contribution in [0.15, 0.2) is 0 Å². The van der Waals surface area contributed by atoms with E-state index in [1.54, 1.807) is 0 Å². The summed E-state index contributed by atoms with van der Waals surface area (Å²) in [6.45, 7) is 5.91. The van der Waals surface area contributed by atoms with Gasteiger partial charge in [0.25, 0.3) is 0 Å². The van der Waals surface area contributed by atoms with Crippen molar-refractivity contribution in [2.45, 2.75) is 51.6 Å². The lowest BCUT2D eigenvalue weighted by Crippen LogP contribution is -2.33. The van der Waals surface area contributed by atoms with Crippen LogP contribution in [0.2, 0.25) is 0 Å². The van der Waals surface area contributed by atoms with Crippen LogP contribution < -0.4 is 10.6 Å². The van der Waals surface area contributed by atoms with Crippen molar-refractivity contribution in [2.24, 2.45) is 5.92 Å². The highest BCUT2D eigenvalue weighted by Gasteiger charge is 2.29. The molecule has 2 fully saturated rings. The molecule has 2 aliphatic carbocycles. The third kappa shape index (κ3) is 2.87. The average Bonchev–Trinajstić information content (AvgIpc) is 3.21. The summed E-state index contributed by atoms with van der Waals surface area (Å²) in [5.41, 5.74) is 1.09. The minimum Gasteiger partial charge on any atom is -0.393 e. The van der Waals surface area contributed by atoms with Crippen LogP contribution in [0.4, 0.5) is 11.6 Å². The van der Waals surface area contributed by atoms with Gasteiger partial charge in [-0.05, 0) is 45.4 Å². The summed E-state index contributed by atoms with van der Waals surface area (Å²) >= 11 is 0. The van der Waals surface area contributed by atoms with E-state index in [-0.39, 0.29) is 6.10 Å². The maximum Gasteiger partial charge on any atom is 0.136 e. The molecule has 2 saturated carbocycles. The summed E-state index contributed by atoms with van der Waals surface area (Å²) < 4.78 is 0. The molecule has 2 aliphatic rings. The summed E-state index contributed by atoms with van der Waals surface area (Å²) in [5.74, 6) is 4.02. The van der Waals surface area contributed by atoms with Gasteiger partial charge in [0.05, 0.1) is 6.10 Å². The van der Waals surface area contributed by atoms with Crippen LogP contribution in [0.3, 0.4) is 0 Å². The third-order valence-electron chi connectivity index (χ3n) is 4.22. The summed E-state index contributed by atoms with van der Waals surface area (Å²) in [7, 11) is 0. The molecule has 0 amide bonds. The maximum absolute atomic E-state index is 9.35. The minimum absolute atomic E-state index is 0.0901. The lowest BCUT2D eigenvalue weighted by atomic mass is 9.82. The number of nitrogens with one attached hydrogen (secondary N) is 2. The fraction of sp³-hybridized carbons (Fsp3) is 0.733. The third-order valence-corrected chi connectivity index (χ3v) is 4.22. The Hall–Kier alpha value is -1.36. The van der Waals surface area contributed by atoms with Gasteiger partial charge in [0.2, 0.25) is 0 Å². The first kappa shape index (κ1) is 13.6. The molecule has 5 nitrogen and oxygen atoms in total. The Bertz CT molecular complexity index is 481. The largest absolute Gasteiger partial charge is 0.393 e. The Morgan fingerprint density at radius 2 is 1.80 bits per heavy atom. The first-order chi connectivity index (χ1) is 9.67. The van der Waals surface area contributed by atoms with Gasteiger partial charge in [-0.2, -0.15) is 0 Å². The van der Waals surface area contributed by atoms with E-state index < -0.39 is 0 Å². The molecular weight excluding hydrogens is 252 g/mol. The van der Waals surface area contributed by atoms with Crippen LogP contribution in [-0.4, -0.2) is 34.3 Å². The molecule has 0 atom stereocenters. The molecule has 0 unspecified atom stereocenters. The van der Waals surface area contributed by atoms with Gasteiger partial charge in [0.1, 0.15) is 17.5 Å². The predicted molar refractivity (Wildman–Crippen MR) is 80.1 cm³/mol. The van der Waals surface area contributed by atoms with Gasteiger partial charge < -0.3 is 15.7 Å². The van der Waals surface area contributed by atoms with E-state index in [0.717, 1.165) is 49.0 Å². The zero-order chi connectivity index (χ0) is 14.1. The molecule has 20 heavy (non-hydrogen) atoms. The molecule has 1 aromatic rings. The first-order valence-corrected chi connectivity index (χ1v) is 7.71. The Balaban J connectivity index is 1.73. The van der Waals surface area contributed by atoms with E-state index in [1.165, 1.54) is 12.8 Å². The van der Waals surface area contributed by atoms with Gasteiger partial charge in [-0.3, -0.25) is 0 Å². The molecule has 0 aliphatic heterocycles. The average molecular weight is 276 g/mol. The van der Waals surface area contributed by atoms with Crippen molar-refractivity contribution >= 4 is 11.6 Å². The van der Waals surface area contributed by atoms with E-state index >= 15 is 0 Å². The van der Waals surface area contributed by atoms with Crippen LogP contribution >= 0.6 is 0 Å². The molecule has 110 valence electrons. The smallest absolute Gasteiger partial charge is 0.136 e. The molecule has 0 saturated heterocycles. The van der Waals surface area contributed by atoms with Crippen molar-refractivity contribution in [3.8, 4) is 0 Å². The van der Waals surface area contributed by atoms with E-state index in [4.69, 9.17) is 4.98 Å². The molecule has 0 aromatic carbocycles. The molecule has 0 spiro atoms. The topological polar surface area (TPSA) is 70.1 Å². The number of aliphatic hydroxyl groups excluding tert-OH is 1. The Kier molecular flexibility index (Phi) is 3.78. The molecular formula is C15H24N4O. The van der Waals surface area contributed by atoms with Gasteiger partial charge in [0, 0.05) is 24.6 Å². The number of hydrogen-bond acceptors (Lipinski definition) is 5. The van der Waals surface area contributed by atoms with Crippen LogP contribution in [0.25, 0.3) is 0 Å². The molecule has 5 heteroatoms. The highest BCUT2D eigenvalue weighted by molar-refractivity contribution is 5.57. The molecule has 3 rings (SSSR count). The molecule has 3 N–H and O–H groups in total. The van der Waals surface area contributed by atoms with E-state index in [0.29, 0.717) is 11.8 Å². The summed E-state index contributed by atoms with van der Waals surface area (Å²) in [4.78, 5) is 9.36. The SMILES string of the molecule is CCNc1nc(C2CC2)nc(NCC2CC(O)C2)c1C. The second-order valence-corrected chi connectivity index (χ2v) is 6.08. The van der Waals surface area contributed by atoms with Crippen molar-refractivity contribution in [2.75, 3.05) is 23.7 Å². The highest BCUT2D eigenvalue weighted by atomic mass is 16.3. The number of nitrogens with zero attached hydrogens (tertiary/aromatic N) is 2. The predicted octanol–water partition coefficient (Wildman–Crippen LogP) is 2.28. The molecule has 0 bridgehead atoms. The quantitative estimate of drug-likeness (QED) is 0.743. The normalized spacial score (nSPS) is 25.1. The van der Waals surface area contributed by atoms with Crippen molar-refractivity contribution in [3.05, 3.63) is 11.4 Å². The fourth-order valence-corrected chi connectivity index (χ4v) is 2.68. The standard InChI is InChI=1S/C15H24N4O/c1-3-16-13-9(2)14(17-8-10-6-12(20)7-10)19-15(18-13)11-4-5-11/h10-12,20H,3-8H2,1-2H3,(H2,16,17,18,19). The van der Waals surface area contributed by atoms with Crippen molar-refractivity contribution < 1.29 is 5.11 Å². The van der Waals surface area contributed by atoms with E-state index in [1.807, 2.05) is 0 Å². The number of anilines is 2. The lowest BCUT2D eigenvalue weighted by molar-refractivity contribution is 0.0486. The van der Waals surface area contributed by atoms with Crippen LogP contribution in [0, 0.1) is 12.8 Å². The zero-order valence-electron chi connectivity index (χ0n) is 12.3. The van der Waals surface area contributed by atoms with Gasteiger partial charge in [-0.1, -0.05) is 0 Å². The number of rotatable bonds is 6. The van der Waals surface area contributed by atoms with Crippen molar-refractivity contribution in [3.63, 3.8) is 0 Å². The molecule has 1 heterocycles. The van der Waals surface area contributed by atoms with Gasteiger partial charge in [-0.15, -0.1) is 0 Å². The second-order valence-electron chi connectivity index (χ2n) is 6.08. The van der Waals surface area contributed by atoms with E-state index in [9.17, 15) is 5.11 Å². The number of aliphatic hydroxyl groups is 1. The number of hydrogen-bond donors (Lipinski definition) is 3. The molecule has 1 aromatic heterocycles. The van der Waals surface area contributed by atoms with Gasteiger partial charge in [-0.25, -0.2) is 9.97 Å². The minimum atomic E-state index is -0.0901. The fourth-order valence-electron chi connectivity index (χ4n) is 2.68. The second kappa shape index (κ2) is 5.56. The molecule has 0 radical (unpaired) electrons.